The number of Topliss-reactive ketones (excluding diaryl/α,β-unsaturated/α-hetero) is 1. The molecule has 0 aliphatic heterocycles. The summed E-state index contributed by atoms with van der Waals surface area (Å²) in [6.45, 7) is 5.72. The Balaban J connectivity index is 2.80. The summed E-state index contributed by atoms with van der Waals surface area (Å²) in [5.74, 6) is 0.178. The Labute approximate surface area is 92.1 Å². The number of halogens is 1. The van der Waals surface area contributed by atoms with E-state index >= 15 is 0 Å². The van der Waals surface area contributed by atoms with Crippen molar-refractivity contribution < 1.29 is 4.79 Å². The first kappa shape index (κ1) is 11.3. The lowest BCUT2D eigenvalue weighted by Crippen LogP contribution is -2.22. The molecule has 76 valence electrons. The van der Waals surface area contributed by atoms with Crippen LogP contribution < -0.4 is 0 Å². The fourth-order valence-electron chi connectivity index (χ4n) is 0.885. The molecule has 0 aromatic carbocycles. The van der Waals surface area contributed by atoms with Crippen LogP contribution in [0.5, 0.6) is 0 Å². The van der Waals surface area contributed by atoms with Gasteiger partial charge in [0.2, 0.25) is 0 Å². The molecule has 0 saturated heterocycles. The molecule has 1 aromatic rings. The first-order chi connectivity index (χ1) is 6.41. The van der Waals surface area contributed by atoms with Gasteiger partial charge in [-0.25, -0.2) is 9.97 Å². The van der Waals surface area contributed by atoms with E-state index in [0.29, 0.717) is 6.42 Å². The van der Waals surface area contributed by atoms with E-state index in [2.05, 4.69) is 25.9 Å². The summed E-state index contributed by atoms with van der Waals surface area (Å²) in [6, 6.07) is 0. The fourth-order valence-corrected chi connectivity index (χ4v) is 1.25. The van der Waals surface area contributed by atoms with Gasteiger partial charge in [-0.1, -0.05) is 20.8 Å². The van der Waals surface area contributed by atoms with Gasteiger partial charge in [0, 0.05) is 11.6 Å². The standard InChI is InChI=1S/C10H13BrN2O/c1-10(2,3)9(14)4-8-7(11)5-12-6-13-8/h5-6H,4H2,1-3H3. The second-order valence-corrected chi connectivity index (χ2v) is 5.02. The Bertz CT molecular complexity index is 344. The van der Waals surface area contributed by atoms with Gasteiger partial charge in [-0.15, -0.1) is 0 Å². The van der Waals surface area contributed by atoms with E-state index in [1.165, 1.54) is 6.33 Å². The first-order valence-corrected chi connectivity index (χ1v) is 5.18. The molecule has 0 bridgehead atoms. The molecule has 0 amide bonds. The summed E-state index contributed by atoms with van der Waals surface area (Å²) in [7, 11) is 0. The summed E-state index contributed by atoms with van der Waals surface area (Å²) in [5.41, 5.74) is 0.435. The number of carbonyl (C=O) groups excluding carboxylic acids is 1. The topological polar surface area (TPSA) is 42.9 Å². The number of carbonyl (C=O) groups is 1. The third-order valence-electron chi connectivity index (χ3n) is 1.91. The van der Waals surface area contributed by atoms with Crippen molar-refractivity contribution in [3.63, 3.8) is 0 Å². The molecule has 0 radical (unpaired) electrons. The molecule has 0 aliphatic rings. The number of rotatable bonds is 2. The van der Waals surface area contributed by atoms with Crippen LogP contribution in [0.25, 0.3) is 0 Å². The highest BCUT2D eigenvalue weighted by Crippen LogP contribution is 2.20. The molecule has 0 fully saturated rings. The molecule has 4 heteroatoms. The molecule has 0 unspecified atom stereocenters. The largest absolute Gasteiger partial charge is 0.299 e. The Morgan fingerprint density at radius 2 is 2.14 bits per heavy atom. The van der Waals surface area contributed by atoms with Crippen molar-refractivity contribution in [1.82, 2.24) is 9.97 Å². The fraction of sp³-hybridized carbons (Fsp3) is 0.500. The van der Waals surface area contributed by atoms with Crippen LogP contribution >= 0.6 is 15.9 Å². The van der Waals surface area contributed by atoms with Crippen molar-refractivity contribution in [2.24, 2.45) is 5.41 Å². The lowest BCUT2D eigenvalue weighted by molar-refractivity contribution is -0.125. The molecule has 0 saturated carbocycles. The van der Waals surface area contributed by atoms with Crippen LogP contribution in [0, 0.1) is 5.41 Å². The summed E-state index contributed by atoms with van der Waals surface area (Å²) < 4.78 is 0.789. The monoisotopic (exact) mass is 256 g/mol. The zero-order chi connectivity index (χ0) is 10.8. The number of nitrogens with zero attached hydrogens (tertiary/aromatic N) is 2. The van der Waals surface area contributed by atoms with Crippen molar-refractivity contribution in [1.29, 1.82) is 0 Å². The predicted octanol–water partition coefficient (Wildman–Crippen LogP) is 2.40. The van der Waals surface area contributed by atoms with E-state index in [4.69, 9.17) is 0 Å². The Morgan fingerprint density at radius 3 is 2.64 bits per heavy atom. The number of aromatic nitrogens is 2. The molecular formula is C10H13BrN2O. The number of hydrogen-bond acceptors (Lipinski definition) is 3. The Morgan fingerprint density at radius 1 is 1.50 bits per heavy atom. The van der Waals surface area contributed by atoms with Gasteiger partial charge < -0.3 is 0 Å². The van der Waals surface area contributed by atoms with Gasteiger partial charge >= 0.3 is 0 Å². The molecule has 3 nitrogen and oxygen atoms in total. The maximum absolute atomic E-state index is 11.7. The zero-order valence-corrected chi connectivity index (χ0v) is 10.1. The second kappa shape index (κ2) is 4.17. The van der Waals surface area contributed by atoms with Gasteiger partial charge in [0.05, 0.1) is 16.6 Å². The van der Waals surface area contributed by atoms with Crippen LogP contribution in [-0.2, 0) is 11.2 Å². The molecule has 0 atom stereocenters. The van der Waals surface area contributed by atoms with Crippen LogP contribution in [0.3, 0.4) is 0 Å². The van der Waals surface area contributed by atoms with Crippen LogP contribution in [0.15, 0.2) is 17.0 Å². The van der Waals surface area contributed by atoms with Crippen molar-refractivity contribution in [2.75, 3.05) is 0 Å². The molecule has 1 rings (SSSR count). The van der Waals surface area contributed by atoms with E-state index in [0.717, 1.165) is 10.2 Å². The average molecular weight is 257 g/mol. The SMILES string of the molecule is CC(C)(C)C(=O)Cc1ncncc1Br. The summed E-state index contributed by atoms with van der Waals surface area (Å²) in [5, 5.41) is 0. The van der Waals surface area contributed by atoms with Gasteiger partial charge in [0.15, 0.2) is 0 Å². The van der Waals surface area contributed by atoms with Crippen LogP contribution in [0.2, 0.25) is 0 Å². The first-order valence-electron chi connectivity index (χ1n) is 4.39. The maximum atomic E-state index is 11.7. The lowest BCUT2D eigenvalue weighted by Gasteiger charge is -2.16. The van der Waals surface area contributed by atoms with E-state index in [-0.39, 0.29) is 11.2 Å². The highest BCUT2D eigenvalue weighted by molar-refractivity contribution is 9.10. The molecule has 14 heavy (non-hydrogen) atoms. The molecule has 0 aliphatic carbocycles. The third kappa shape index (κ3) is 2.87. The van der Waals surface area contributed by atoms with E-state index in [9.17, 15) is 4.79 Å². The minimum absolute atomic E-state index is 0.178. The lowest BCUT2D eigenvalue weighted by atomic mass is 9.88. The summed E-state index contributed by atoms with van der Waals surface area (Å²) in [4.78, 5) is 19.6. The van der Waals surface area contributed by atoms with Crippen molar-refractivity contribution in [3.05, 3.63) is 22.7 Å². The van der Waals surface area contributed by atoms with Gasteiger partial charge in [-0.05, 0) is 15.9 Å². The van der Waals surface area contributed by atoms with Gasteiger partial charge in [0.1, 0.15) is 12.1 Å². The zero-order valence-electron chi connectivity index (χ0n) is 8.54. The maximum Gasteiger partial charge on any atom is 0.144 e. The molecular weight excluding hydrogens is 244 g/mol. The van der Waals surface area contributed by atoms with Crippen LogP contribution in [0.4, 0.5) is 0 Å². The van der Waals surface area contributed by atoms with Crippen LogP contribution in [0.1, 0.15) is 26.5 Å². The van der Waals surface area contributed by atoms with Gasteiger partial charge in [0.25, 0.3) is 0 Å². The van der Waals surface area contributed by atoms with E-state index in [1.54, 1.807) is 6.20 Å². The minimum atomic E-state index is -0.315. The normalized spacial score (nSPS) is 11.4. The van der Waals surface area contributed by atoms with E-state index in [1.807, 2.05) is 20.8 Å². The summed E-state index contributed by atoms with van der Waals surface area (Å²) >= 11 is 3.31. The van der Waals surface area contributed by atoms with Gasteiger partial charge in [-0.3, -0.25) is 4.79 Å². The number of ketones is 1. The quantitative estimate of drug-likeness (QED) is 0.817. The smallest absolute Gasteiger partial charge is 0.144 e. The minimum Gasteiger partial charge on any atom is -0.299 e. The molecule has 1 heterocycles. The van der Waals surface area contributed by atoms with Crippen molar-refractivity contribution in [3.8, 4) is 0 Å². The molecule has 1 aromatic heterocycles. The average Bonchev–Trinajstić information content (AvgIpc) is 2.07. The highest BCUT2D eigenvalue weighted by Gasteiger charge is 2.22. The highest BCUT2D eigenvalue weighted by atomic mass is 79.9. The number of hydrogen-bond donors (Lipinski definition) is 0. The Kier molecular flexibility index (Phi) is 3.37. The predicted molar refractivity (Wildman–Crippen MR) is 57.9 cm³/mol. The van der Waals surface area contributed by atoms with E-state index < -0.39 is 0 Å². The van der Waals surface area contributed by atoms with Gasteiger partial charge in [-0.2, -0.15) is 0 Å². The van der Waals surface area contributed by atoms with Crippen molar-refractivity contribution in [2.45, 2.75) is 27.2 Å². The second-order valence-electron chi connectivity index (χ2n) is 4.17. The molecule has 0 spiro atoms. The molecule has 0 N–H and O–H groups in total. The van der Waals surface area contributed by atoms with Crippen LogP contribution in [-0.4, -0.2) is 15.8 Å². The Hall–Kier alpha value is -0.770. The summed E-state index contributed by atoms with van der Waals surface area (Å²) in [6.07, 6.45) is 3.46. The third-order valence-corrected chi connectivity index (χ3v) is 2.57. The van der Waals surface area contributed by atoms with Crippen molar-refractivity contribution >= 4 is 21.7 Å².